The monoisotopic (exact) mass is 268 g/mol. The van der Waals surface area contributed by atoms with E-state index in [0.29, 0.717) is 11.4 Å². The molecule has 1 aliphatic rings. The summed E-state index contributed by atoms with van der Waals surface area (Å²) in [4.78, 5) is 12.3. The highest BCUT2D eigenvalue weighted by Gasteiger charge is 2.38. The quantitative estimate of drug-likeness (QED) is 0.896. The second kappa shape index (κ2) is 4.70. The number of benzene rings is 1. The summed E-state index contributed by atoms with van der Waals surface area (Å²) in [6.45, 7) is 4.36. The van der Waals surface area contributed by atoms with Gasteiger partial charge >= 0.3 is 0 Å². The van der Waals surface area contributed by atoms with Crippen LogP contribution in [0.15, 0.2) is 29.2 Å². The van der Waals surface area contributed by atoms with Crippen LogP contribution in [0.4, 0.5) is 5.69 Å². The summed E-state index contributed by atoms with van der Waals surface area (Å²) in [6.07, 6.45) is 0. The molecular weight excluding hydrogens is 252 g/mol. The summed E-state index contributed by atoms with van der Waals surface area (Å²) < 4.78 is 16.3. The van der Waals surface area contributed by atoms with Crippen molar-refractivity contribution in [2.45, 2.75) is 18.7 Å². The van der Waals surface area contributed by atoms with Gasteiger partial charge in [0.2, 0.25) is 5.91 Å². The first-order chi connectivity index (χ1) is 8.44. The van der Waals surface area contributed by atoms with E-state index >= 15 is 0 Å². The van der Waals surface area contributed by atoms with Crippen molar-refractivity contribution in [3.05, 3.63) is 24.3 Å². The molecule has 1 fully saturated rings. The van der Waals surface area contributed by atoms with Gasteiger partial charge < -0.3 is 0 Å². The fraction of sp³-hybridized carbons (Fsp3) is 0.417. The Kier molecular flexibility index (Phi) is 3.41. The van der Waals surface area contributed by atoms with Crippen LogP contribution in [0, 0.1) is 5.41 Å². The first kappa shape index (κ1) is 13.0. The Labute approximate surface area is 109 Å². The molecule has 98 valence electrons. The molecule has 2 rings (SSSR count). The molecule has 0 spiro atoms. The van der Waals surface area contributed by atoms with Gasteiger partial charge in [-0.25, -0.2) is 4.21 Å². The molecule has 0 radical (unpaired) electrons. The molecule has 1 amide bonds. The number of hydrogen-bond acceptors (Lipinski definition) is 4. The molecule has 5 nitrogen and oxygen atoms in total. The van der Waals surface area contributed by atoms with Gasteiger partial charge in [0.05, 0.1) is 29.7 Å². The lowest BCUT2D eigenvalue weighted by Gasteiger charge is -2.19. The Bertz CT molecular complexity index is 502. The van der Waals surface area contributed by atoms with Crippen LogP contribution in [0.3, 0.4) is 0 Å². The van der Waals surface area contributed by atoms with E-state index in [2.05, 4.69) is 5.43 Å². The lowest BCUT2D eigenvalue weighted by Crippen LogP contribution is -2.33. The highest BCUT2D eigenvalue weighted by atomic mass is 32.2. The van der Waals surface area contributed by atoms with Crippen LogP contribution in [-0.2, 0) is 20.1 Å². The summed E-state index contributed by atoms with van der Waals surface area (Å²) in [5.74, 6) is -0.0132. The van der Waals surface area contributed by atoms with Gasteiger partial charge in [-0.05, 0) is 32.0 Å². The van der Waals surface area contributed by atoms with Crippen molar-refractivity contribution >= 4 is 22.7 Å². The van der Waals surface area contributed by atoms with E-state index in [1.165, 1.54) is 7.11 Å². The maximum absolute atomic E-state index is 11.7. The van der Waals surface area contributed by atoms with E-state index in [1.54, 1.807) is 23.2 Å². The smallest absolute Gasteiger partial charge is 0.246 e. The zero-order chi connectivity index (χ0) is 13.3. The Morgan fingerprint density at radius 2 is 2.17 bits per heavy atom. The number of nitrogens with one attached hydrogen (secondary N) is 1. The molecule has 0 bridgehead atoms. The van der Waals surface area contributed by atoms with Gasteiger partial charge in [0.1, 0.15) is 0 Å². The van der Waals surface area contributed by atoms with Crippen LogP contribution in [-0.4, -0.2) is 23.8 Å². The molecule has 1 unspecified atom stereocenters. The molecule has 1 aliphatic heterocycles. The van der Waals surface area contributed by atoms with Gasteiger partial charge in [-0.2, -0.15) is 0 Å². The van der Waals surface area contributed by atoms with Gasteiger partial charge in [0, 0.05) is 0 Å². The zero-order valence-electron chi connectivity index (χ0n) is 10.6. The van der Waals surface area contributed by atoms with Crippen LogP contribution in [0.2, 0.25) is 0 Å². The van der Waals surface area contributed by atoms with Crippen molar-refractivity contribution in [2.24, 2.45) is 5.41 Å². The number of carbonyl (C=O) groups excluding carboxylic acids is 1. The highest BCUT2D eigenvalue weighted by molar-refractivity contribution is 7.80. The number of rotatable bonds is 3. The fourth-order valence-electron chi connectivity index (χ4n) is 1.79. The Balaban J connectivity index is 2.25. The molecule has 1 N–H and O–H groups in total. The molecule has 6 heteroatoms. The molecule has 1 saturated heterocycles. The Morgan fingerprint density at radius 1 is 1.44 bits per heavy atom. The minimum absolute atomic E-state index is 0.0132. The molecule has 0 aromatic heterocycles. The maximum Gasteiger partial charge on any atom is 0.246 e. The second-order valence-electron chi connectivity index (χ2n) is 4.81. The molecule has 0 aliphatic carbocycles. The van der Waals surface area contributed by atoms with Gasteiger partial charge in [-0.1, -0.05) is 6.07 Å². The average Bonchev–Trinajstić information content (AvgIpc) is 2.63. The van der Waals surface area contributed by atoms with Crippen molar-refractivity contribution in [1.29, 1.82) is 0 Å². The van der Waals surface area contributed by atoms with Crippen LogP contribution >= 0.6 is 0 Å². The highest BCUT2D eigenvalue weighted by Crippen LogP contribution is 2.27. The molecule has 1 aromatic rings. The third-order valence-corrected chi connectivity index (χ3v) is 3.82. The topological polar surface area (TPSA) is 58.6 Å². The normalized spacial score (nSPS) is 19.7. The zero-order valence-corrected chi connectivity index (χ0v) is 11.4. The first-order valence-electron chi connectivity index (χ1n) is 5.59. The largest absolute Gasteiger partial charge is 0.290 e. The third kappa shape index (κ3) is 2.39. The van der Waals surface area contributed by atoms with E-state index in [-0.39, 0.29) is 5.91 Å². The SMILES string of the molecule is COS(=O)c1cccc(N2CC(C)(C)C(=O)N2)c1. The van der Waals surface area contributed by atoms with E-state index in [4.69, 9.17) is 4.18 Å². The predicted octanol–water partition coefficient (Wildman–Crippen LogP) is 1.23. The van der Waals surface area contributed by atoms with Crippen molar-refractivity contribution in [1.82, 2.24) is 5.43 Å². The Morgan fingerprint density at radius 3 is 2.72 bits per heavy atom. The molecule has 18 heavy (non-hydrogen) atoms. The number of amides is 1. The third-order valence-electron chi connectivity index (χ3n) is 2.88. The Hall–Kier alpha value is -1.40. The van der Waals surface area contributed by atoms with Crippen molar-refractivity contribution < 1.29 is 13.2 Å². The number of carbonyl (C=O) groups is 1. The predicted molar refractivity (Wildman–Crippen MR) is 69.1 cm³/mol. The van der Waals surface area contributed by atoms with Crippen molar-refractivity contribution in [3.8, 4) is 0 Å². The van der Waals surface area contributed by atoms with Crippen LogP contribution in [0.25, 0.3) is 0 Å². The number of hydrogen-bond donors (Lipinski definition) is 1. The molecule has 1 atom stereocenters. The lowest BCUT2D eigenvalue weighted by atomic mass is 9.94. The van der Waals surface area contributed by atoms with Crippen LogP contribution in [0.5, 0.6) is 0 Å². The minimum atomic E-state index is -1.47. The van der Waals surface area contributed by atoms with Gasteiger partial charge in [-0.3, -0.25) is 19.4 Å². The van der Waals surface area contributed by atoms with E-state index in [1.807, 2.05) is 19.9 Å². The van der Waals surface area contributed by atoms with Crippen LogP contribution < -0.4 is 10.4 Å². The average molecular weight is 268 g/mol. The summed E-state index contributed by atoms with van der Waals surface area (Å²) >= 11 is -1.47. The molecule has 0 saturated carbocycles. The maximum atomic E-state index is 11.7. The minimum Gasteiger partial charge on any atom is -0.290 e. The molecule has 1 aromatic carbocycles. The molecule has 1 heterocycles. The number of anilines is 1. The fourth-order valence-corrected chi connectivity index (χ4v) is 2.39. The van der Waals surface area contributed by atoms with Crippen molar-refractivity contribution in [2.75, 3.05) is 18.7 Å². The van der Waals surface area contributed by atoms with E-state index in [0.717, 1.165) is 5.69 Å². The van der Waals surface area contributed by atoms with E-state index < -0.39 is 16.5 Å². The molecular formula is C12H16N2O3S. The second-order valence-corrected chi connectivity index (χ2v) is 6.08. The summed E-state index contributed by atoms with van der Waals surface area (Å²) in [6, 6.07) is 7.13. The van der Waals surface area contributed by atoms with Gasteiger partial charge in [0.15, 0.2) is 11.1 Å². The summed E-state index contributed by atoms with van der Waals surface area (Å²) in [5.41, 5.74) is 3.18. The van der Waals surface area contributed by atoms with E-state index in [9.17, 15) is 9.00 Å². The summed E-state index contributed by atoms with van der Waals surface area (Å²) in [5, 5.41) is 1.76. The summed E-state index contributed by atoms with van der Waals surface area (Å²) in [7, 11) is 1.39. The van der Waals surface area contributed by atoms with Gasteiger partial charge in [0.25, 0.3) is 0 Å². The van der Waals surface area contributed by atoms with Crippen LogP contribution in [0.1, 0.15) is 13.8 Å². The van der Waals surface area contributed by atoms with Crippen molar-refractivity contribution in [3.63, 3.8) is 0 Å². The standard InChI is InChI=1S/C12H16N2O3S/c1-12(2)8-14(13-11(12)15)9-5-4-6-10(7-9)18(16)17-3/h4-7H,8H2,1-3H3,(H,13,15). The first-order valence-corrected chi connectivity index (χ1v) is 6.66. The lowest BCUT2D eigenvalue weighted by molar-refractivity contribution is -0.125. The van der Waals surface area contributed by atoms with Gasteiger partial charge in [-0.15, -0.1) is 0 Å². The number of hydrazine groups is 1. The number of nitrogens with zero attached hydrogens (tertiary/aromatic N) is 1.